The van der Waals surface area contributed by atoms with Crippen LogP contribution in [0.2, 0.25) is 0 Å². The minimum atomic E-state index is 0.397. The maximum atomic E-state index is 5.61. The van der Waals surface area contributed by atoms with Crippen molar-refractivity contribution in [1.29, 1.82) is 0 Å². The Balaban J connectivity index is 2.46. The Kier molecular flexibility index (Phi) is 4.43. The average molecular weight is 180 g/mol. The number of methoxy groups -OCH3 is 1. The van der Waals surface area contributed by atoms with Gasteiger partial charge in [-0.15, -0.1) is 0 Å². The Hall–Kier alpha value is -0.930. The van der Waals surface area contributed by atoms with Crippen molar-refractivity contribution in [2.24, 2.45) is 11.7 Å². The molecule has 0 fully saturated rings. The zero-order valence-corrected chi connectivity index (χ0v) is 7.94. The van der Waals surface area contributed by atoms with Gasteiger partial charge in [-0.05, 0) is 30.5 Å². The fourth-order valence-corrected chi connectivity index (χ4v) is 1.30. The third-order valence-electron chi connectivity index (χ3n) is 1.98. The highest BCUT2D eigenvalue weighted by Gasteiger charge is 2.06. The van der Waals surface area contributed by atoms with E-state index in [1.807, 2.05) is 12.3 Å². The summed E-state index contributed by atoms with van der Waals surface area (Å²) in [6.07, 6.45) is 4.59. The van der Waals surface area contributed by atoms with Crippen LogP contribution in [-0.4, -0.2) is 25.2 Å². The van der Waals surface area contributed by atoms with Crippen LogP contribution in [-0.2, 0) is 11.2 Å². The summed E-state index contributed by atoms with van der Waals surface area (Å²) in [4.78, 5) is 4.05. The van der Waals surface area contributed by atoms with Crippen molar-refractivity contribution < 1.29 is 4.74 Å². The molecule has 3 nitrogen and oxygen atoms in total. The molecule has 0 aliphatic carbocycles. The lowest BCUT2D eigenvalue weighted by molar-refractivity contribution is 0.155. The van der Waals surface area contributed by atoms with Crippen molar-refractivity contribution in [3.8, 4) is 0 Å². The van der Waals surface area contributed by atoms with Gasteiger partial charge in [0.05, 0.1) is 6.61 Å². The number of hydrogen-bond donors (Lipinski definition) is 1. The lowest BCUT2D eigenvalue weighted by Gasteiger charge is -2.12. The second kappa shape index (κ2) is 5.67. The van der Waals surface area contributed by atoms with E-state index in [1.165, 1.54) is 5.56 Å². The summed E-state index contributed by atoms with van der Waals surface area (Å²) in [5.41, 5.74) is 6.82. The Bertz CT molecular complexity index is 226. The summed E-state index contributed by atoms with van der Waals surface area (Å²) < 4.78 is 5.07. The predicted octanol–water partition coefficient (Wildman–Crippen LogP) is 0.845. The number of aromatic nitrogens is 1. The first-order valence-corrected chi connectivity index (χ1v) is 4.44. The van der Waals surface area contributed by atoms with Gasteiger partial charge in [0.1, 0.15) is 0 Å². The van der Waals surface area contributed by atoms with Crippen LogP contribution in [0.4, 0.5) is 0 Å². The number of hydrogen-bond acceptors (Lipinski definition) is 3. The van der Waals surface area contributed by atoms with E-state index >= 15 is 0 Å². The predicted molar refractivity (Wildman–Crippen MR) is 52.4 cm³/mol. The molecule has 0 saturated heterocycles. The molecule has 0 spiro atoms. The van der Waals surface area contributed by atoms with Crippen molar-refractivity contribution in [2.75, 3.05) is 20.3 Å². The molecule has 0 radical (unpaired) electrons. The average Bonchev–Trinajstić information content (AvgIpc) is 2.19. The second-order valence-corrected chi connectivity index (χ2v) is 3.12. The van der Waals surface area contributed by atoms with E-state index in [2.05, 4.69) is 11.1 Å². The molecular weight excluding hydrogens is 164 g/mol. The first-order valence-electron chi connectivity index (χ1n) is 4.44. The quantitative estimate of drug-likeness (QED) is 0.730. The first-order chi connectivity index (χ1) is 6.36. The van der Waals surface area contributed by atoms with Crippen LogP contribution in [0.3, 0.4) is 0 Å². The van der Waals surface area contributed by atoms with Crippen LogP contribution in [0.25, 0.3) is 0 Å². The van der Waals surface area contributed by atoms with Gasteiger partial charge in [-0.3, -0.25) is 4.98 Å². The Morgan fingerprint density at radius 3 is 3.00 bits per heavy atom. The first kappa shape index (κ1) is 10.2. The molecule has 3 heteroatoms. The summed E-state index contributed by atoms with van der Waals surface area (Å²) in [5, 5.41) is 0. The minimum Gasteiger partial charge on any atom is -0.384 e. The van der Waals surface area contributed by atoms with Crippen LogP contribution in [0, 0.1) is 5.92 Å². The molecule has 0 aliphatic rings. The molecule has 0 aliphatic heterocycles. The maximum absolute atomic E-state index is 5.61. The molecule has 0 saturated carbocycles. The van der Waals surface area contributed by atoms with Gasteiger partial charge >= 0.3 is 0 Å². The smallest absolute Gasteiger partial charge is 0.0505 e. The van der Waals surface area contributed by atoms with E-state index < -0.39 is 0 Å². The van der Waals surface area contributed by atoms with Gasteiger partial charge in [0.15, 0.2) is 0 Å². The molecule has 1 rings (SSSR count). The largest absolute Gasteiger partial charge is 0.384 e. The van der Waals surface area contributed by atoms with E-state index in [1.54, 1.807) is 13.3 Å². The molecule has 1 heterocycles. The van der Waals surface area contributed by atoms with Gasteiger partial charge in [0, 0.05) is 19.5 Å². The van der Waals surface area contributed by atoms with Gasteiger partial charge in [0.25, 0.3) is 0 Å². The molecule has 0 amide bonds. The summed E-state index contributed by atoms with van der Waals surface area (Å²) >= 11 is 0. The molecule has 0 aromatic carbocycles. The molecule has 1 aromatic heterocycles. The molecule has 1 atom stereocenters. The van der Waals surface area contributed by atoms with Crippen LogP contribution in [0.15, 0.2) is 24.5 Å². The zero-order valence-electron chi connectivity index (χ0n) is 7.94. The fraction of sp³-hybridized carbons (Fsp3) is 0.500. The monoisotopic (exact) mass is 180 g/mol. The minimum absolute atomic E-state index is 0.397. The van der Waals surface area contributed by atoms with Gasteiger partial charge in [-0.2, -0.15) is 0 Å². The zero-order chi connectivity index (χ0) is 9.52. The molecule has 0 bridgehead atoms. The Morgan fingerprint density at radius 2 is 2.46 bits per heavy atom. The highest BCUT2D eigenvalue weighted by molar-refractivity contribution is 5.09. The van der Waals surface area contributed by atoms with E-state index in [9.17, 15) is 0 Å². The molecular formula is C10H16N2O. The highest BCUT2D eigenvalue weighted by atomic mass is 16.5. The van der Waals surface area contributed by atoms with Crippen molar-refractivity contribution in [1.82, 2.24) is 4.98 Å². The number of pyridine rings is 1. The SMILES string of the molecule is COCC(CN)Cc1cccnc1. The summed E-state index contributed by atoms with van der Waals surface area (Å²) in [7, 11) is 1.70. The second-order valence-electron chi connectivity index (χ2n) is 3.12. The third kappa shape index (κ3) is 3.53. The van der Waals surface area contributed by atoms with Crippen molar-refractivity contribution in [3.05, 3.63) is 30.1 Å². The van der Waals surface area contributed by atoms with E-state index in [0.29, 0.717) is 19.1 Å². The fourth-order valence-electron chi connectivity index (χ4n) is 1.30. The van der Waals surface area contributed by atoms with E-state index in [4.69, 9.17) is 10.5 Å². The highest BCUT2D eigenvalue weighted by Crippen LogP contribution is 2.06. The summed E-state index contributed by atoms with van der Waals surface area (Å²) in [6, 6.07) is 4.00. The van der Waals surface area contributed by atoms with Crippen molar-refractivity contribution >= 4 is 0 Å². The normalized spacial score (nSPS) is 12.8. The van der Waals surface area contributed by atoms with Gasteiger partial charge in [-0.1, -0.05) is 6.07 Å². The van der Waals surface area contributed by atoms with Gasteiger partial charge in [-0.25, -0.2) is 0 Å². The number of nitrogens with two attached hydrogens (primary N) is 1. The van der Waals surface area contributed by atoms with Gasteiger partial charge in [0.2, 0.25) is 0 Å². The van der Waals surface area contributed by atoms with Gasteiger partial charge < -0.3 is 10.5 Å². The van der Waals surface area contributed by atoms with Crippen molar-refractivity contribution in [2.45, 2.75) is 6.42 Å². The van der Waals surface area contributed by atoms with Crippen LogP contribution in [0.5, 0.6) is 0 Å². The summed E-state index contributed by atoms with van der Waals surface area (Å²) in [6.45, 7) is 1.37. The van der Waals surface area contributed by atoms with Crippen LogP contribution >= 0.6 is 0 Å². The number of ether oxygens (including phenoxy) is 1. The maximum Gasteiger partial charge on any atom is 0.0505 e. The Labute approximate surface area is 78.9 Å². The molecule has 1 unspecified atom stereocenters. The molecule has 13 heavy (non-hydrogen) atoms. The lowest BCUT2D eigenvalue weighted by Crippen LogP contribution is -2.21. The van der Waals surface area contributed by atoms with Crippen LogP contribution < -0.4 is 5.73 Å². The third-order valence-corrected chi connectivity index (χ3v) is 1.98. The van der Waals surface area contributed by atoms with E-state index in [0.717, 1.165) is 6.42 Å². The van der Waals surface area contributed by atoms with Crippen LogP contribution in [0.1, 0.15) is 5.56 Å². The summed E-state index contributed by atoms with van der Waals surface area (Å²) in [5.74, 6) is 0.397. The molecule has 2 N–H and O–H groups in total. The van der Waals surface area contributed by atoms with E-state index in [-0.39, 0.29) is 0 Å². The number of nitrogens with zero attached hydrogens (tertiary/aromatic N) is 1. The van der Waals surface area contributed by atoms with Crippen molar-refractivity contribution in [3.63, 3.8) is 0 Å². The molecule has 1 aromatic rings. The Morgan fingerprint density at radius 1 is 1.62 bits per heavy atom. The lowest BCUT2D eigenvalue weighted by atomic mass is 10.0. The topological polar surface area (TPSA) is 48.1 Å². The standard InChI is InChI=1S/C10H16N2O/c1-13-8-10(6-11)5-9-3-2-4-12-7-9/h2-4,7,10H,5-6,8,11H2,1H3. The molecule has 72 valence electrons. The number of rotatable bonds is 5.